The quantitative estimate of drug-likeness (QED) is 0.149. The molecule has 0 spiro atoms. The standard InChI is InChI=1S/C42H39O5P/c1-42(2,3)29-24-22-28(23-25-29)32-26-27-37(39(40(32)43)38-33(44-4)18-12-19-34(38)45-5)48-41-35(46-30-14-8-6-9-15-30)20-13-21-36(41)47-31-16-10-7-11-17-31/h6-27,43,48H,1-5H3. The molecule has 1 unspecified atom stereocenters. The average Bonchev–Trinajstić information content (AvgIpc) is 3.10. The number of phenols is 1. The van der Waals surface area contributed by atoms with Crippen LogP contribution in [0, 0.1) is 0 Å². The molecule has 48 heavy (non-hydrogen) atoms. The van der Waals surface area contributed by atoms with Gasteiger partial charge in [0.15, 0.2) is 0 Å². The van der Waals surface area contributed by atoms with E-state index in [-0.39, 0.29) is 19.7 Å². The van der Waals surface area contributed by atoms with Gasteiger partial charge in [-0.05, 0) is 76.4 Å². The molecule has 0 aliphatic heterocycles. The second-order valence-electron chi connectivity index (χ2n) is 12.3. The van der Waals surface area contributed by atoms with Gasteiger partial charge in [0.05, 0.1) is 25.1 Å². The van der Waals surface area contributed by atoms with Crippen molar-refractivity contribution in [1.29, 1.82) is 0 Å². The monoisotopic (exact) mass is 654 g/mol. The zero-order chi connectivity index (χ0) is 33.7. The minimum Gasteiger partial charge on any atom is -0.507 e. The molecule has 0 heterocycles. The minimum absolute atomic E-state index is 0.0101. The number of aromatic hydroxyl groups is 1. The Balaban J connectivity index is 1.55. The first-order chi connectivity index (χ1) is 23.3. The lowest BCUT2D eigenvalue weighted by molar-refractivity contribution is 0.396. The highest BCUT2D eigenvalue weighted by atomic mass is 31.1. The van der Waals surface area contributed by atoms with Gasteiger partial charge in [0.2, 0.25) is 0 Å². The summed E-state index contributed by atoms with van der Waals surface area (Å²) in [5, 5.41) is 14.0. The van der Waals surface area contributed by atoms with Crippen LogP contribution in [0.3, 0.4) is 0 Å². The number of ether oxygens (including phenoxy) is 4. The van der Waals surface area contributed by atoms with Gasteiger partial charge in [-0.25, -0.2) is 0 Å². The Hall–Kier alpha value is -5.25. The molecule has 6 rings (SSSR count). The van der Waals surface area contributed by atoms with E-state index in [0.717, 1.165) is 16.2 Å². The molecule has 0 amide bonds. The van der Waals surface area contributed by atoms with Gasteiger partial charge in [-0.2, -0.15) is 0 Å². The summed E-state index contributed by atoms with van der Waals surface area (Å²) in [7, 11) is 3.27. The van der Waals surface area contributed by atoms with E-state index in [1.807, 2.05) is 103 Å². The third-order valence-corrected chi connectivity index (χ3v) is 9.54. The van der Waals surface area contributed by atoms with Gasteiger partial charge in [0.1, 0.15) is 40.2 Å². The maximum atomic E-state index is 12.3. The molecule has 0 saturated carbocycles. The molecule has 1 atom stereocenters. The lowest BCUT2D eigenvalue weighted by atomic mass is 9.86. The normalized spacial score (nSPS) is 11.4. The minimum atomic E-state index is 0.0101. The summed E-state index contributed by atoms with van der Waals surface area (Å²) in [4.78, 5) is 0. The number of para-hydroxylation sites is 2. The molecule has 0 fully saturated rings. The van der Waals surface area contributed by atoms with Gasteiger partial charge >= 0.3 is 0 Å². The van der Waals surface area contributed by atoms with Gasteiger partial charge in [-0.1, -0.05) is 108 Å². The number of rotatable bonds is 10. The first-order valence-electron chi connectivity index (χ1n) is 15.8. The van der Waals surface area contributed by atoms with Crippen molar-refractivity contribution in [2.75, 3.05) is 14.2 Å². The van der Waals surface area contributed by atoms with Crippen LogP contribution in [0.15, 0.2) is 133 Å². The summed E-state index contributed by atoms with van der Waals surface area (Å²) in [6.07, 6.45) is 0. The lowest BCUT2D eigenvalue weighted by Gasteiger charge is -2.22. The van der Waals surface area contributed by atoms with Crippen LogP contribution in [0.5, 0.6) is 40.2 Å². The van der Waals surface area contributed by atoms with Crippen LogP contribution in [-0.2, 0) is 5.41 Å². The number of benzene rings is 6. The van der Waals surface area contributed by atoms with Crippen molar-refractivity contribution in [2.24, 2.45) is 0 Å². The van der Waals surface area contributed by atoms with Crippen LogP contribution in [-0.4, -0.2) is 19.3 Å². The van der Waals surface area contributed by atoms with E-state index in [2.05, 4.69) is 51.1 Å². The third-order valence-electron chi connectivity index (χ3n) is 8.11. The van der Waals surface area contributed by atoms with Gasteiger partial charge in [0, 0.05) is 11.1 Å². The van der Waals surface area contributed by atoms with Crippen molar-refractivity contribution in [3.63, 3.8) is 0 Å². The van der Waals surface area contributed by atoms with Crippen molar-refractivity contribution >= 4 is 19.2 Å². The molecule has 0 radical (unpaired) electrons. The molecular formula is C42H39O5P. The van der Waals surface area contributed by atoms with Crippen LogP contribution in [0.1, 0.15) is 26.3 Å². The molecule has 6 aromatic carbocycles. The largest absolute Gasteiger partial charge is 0.507 e. The zero-order valence-corrected chi connectivity index (χ0v) is 28.8. The van der Waals surface area contributed by atoms with Crippen LogP contribution >= 0.6 is 8.58 Å². The van der Waals surface area contributed by atoms with Crippen LogP contribution in [0.25, 0.3) is 22.3 Å². The molecule has 6 aromatic rings. The maximum Gasteiger partial charge on any atom is 0.138 e. The van der Waals surface area contributed by atoms with E-state index in [9.17, 15) is 5.11 Å². The van der Waals surface area contributed by atoms with Gasteiger partial charge < -0.3 is 24.1 Å². The first kappa shape index (κ1) is 32.7. The Labute approximate surface area is 284 Å². The van der Waals surface area contributed by atoms with Crippen molar-refractivity contribution in [3.8, 4) is 62.5 Å². The molecule has 1 N–H and O–H groups in total. The first-order valence-corrected chi connectivity index (χ1v) is 16.8. The summed E-state index contributed by atoms with van der Waals surface area (Å²) in [6.45, 7) is 6.57. The van der Waals surface area contributed by atoms with Crippen molar-refractivity contribution in [2.45, 2.75) is 26.2 Å². The fourth-order valence-corrected chi connectivity index (χ4v) is 6.92. The molecule has 0 aliphatic rings. The predicted octanol–water partition coefficient (Wildman–Crippen LogP) is 10.3. The van der Waals surface area contributed by atoms with E-state index in [4.69, 9.17) is 18.9 Å². The van der Waals surface area contributed by atoms with Crippen LogP contribution in [0.4, 0.5) is 0 Å². The van der Waals surface area contributed by atoms with Crippen molar-refractivity contribution in [3.05, 3.63) is 139 Å². The zero-order valence-electron chi connectivity index (χ0n) is 27.8. The molecule has 6 heteroatoms. The number of phenolic OH excluding ortho intramolecular Hbond substituents is 1. The van der Waals surface area contributed by atoms with Gasteiger partial charge in [0.25, 0.3) is 0 Å². The Bertz CT molecular complexity index is 1920. The molecular weight excluding hydrogens is 615 g/mol. The highest BCUT2D eigenvalue weighted by molar-refractivity contribution is 7.56. The number of hydrogen-bond acceptors (Lipinski definition) is 5. The van der Waals surface area contributed by atoms with E-state index < -0.39 is 0 Å². The van der Waals surface area contributed by atoms with E-state index >= 15 is 0 Å². The van der Waals surface area contributed by atoms with Crippen LogP contribution in [0.2, 0.25) is 0 Å². The summed E-state index contributed by atoms with van der Waals surface area (Å²) in [5.41, 5.74) is 4.14. The van der Waals surface area contributed by atoms with Crippen molar-refractivity contribution in [1.82, 2.24) is 0 Å². The molecule has 0 aromatic heterocycles. The number of hydrogen-bond donors (Lipinski definition) is 1. The number of methoxy groups -OCH3 is 2. The average molecular weight is 655 g/mol. The summed E-state index contributed by atoms with van der Waals surface area (Å²) in [6, 6.07) is 43.3. The summed E-state index contributed by atoms with van der Waals surface area (Å²) < 4.78 is 24.7. The maximum absolute atomic E-state index is 12.3. The van der Waals surface area contributed by atoms with Gasteiger partial charge in [-0.3, -0.25) is 0 Å². The fraction of sp³-hybridized carbons (Fsp3) is 0.143. The van der Waals surface area contributed by atoms with E-state index in [1.165, 1.54) is 5.56 Å². The predicted molar refractivity (Wildman–Crippen MR) is 198 cm³/mol. The fourth-order valence-electron chi connectivity index (χ4n) is 5.60. The van der Waals surface area contributed by atoms with Crippen LogP contribution < -0.4 is 29.6 Å². The van der Waals surface area contributed by atoms with Crippen molar-refractivity contribution < 1.29 is 24.1 Å². The Kier molecular flexibility index (Phi) is 9.70. The molecule has 0 bridgehead atoms. The Morgan fingerprint density at radius 3 is 1.50 bits per heavy atom. The summed E-state index contributed by atoms with van der Waals surface area (Å²) in [5.74, 6) is 4.06. The Morgan fingerprint density at radius 1 is 0.521 bits per heavy atom. The van der Waals surface area contributed by atoms with Gasteiger partial charge in [-0.15, -0.1) is 0 Å². The topological polar surface area (TPSA) is 57.2 Å². The molecule has 0 saturated heterocycles. The SMILES string of the molecule is COc1cccc(OC)c1-c1c(Pc2c(Oc3ccccc3)cccc2Oc2ccccc2)ccc(-c2ccc(C(C)(C)C)cc2)c1O. The second-order valence-corrected chi connectivity index (χ2v) is 13.6. The smallest absolute Gasteiger partial charge is 0.138 e. The second kappa shape index (κ2) is 14.3. The van der Waals surface area contributed by atoms with E-state index in [1.54, 1.807) is 14.2 Å². The Morgan fingerprint density at radius 2 is 1.02 bits per heavy atom. The summed E-state index contributed by atoms with van der Waals surface area (Å²) >= 11 is 0. The third kappa shape index (κ3) is 7.02. The molecule has 5 nitrogen and oxygen atoms in total. The lowest BCUT2D eigenvalue weighted by Crippen LogP contribution is -2.13. The highest BCUT2D eigenvalue weighted by Crippen LogP contribution is 2.47. The van der Waals surface area contributed by atoms with E-state index in [0.29, 0.717) is 51.2 Å². The molecule has 0 aliphatic carbocycles. The highest BCUT2D eigenvalue weighted by Gasteiger charge is 2.25. The molecule has 242 valence electrons.